The SMILES string of the molecule is Cc1c(CCC(C)CO[C@@H]2O[C@H](CO)[C@@H](O)[C@H](O)[C@H]2O)ccc2c1[C@@]1(C)CC[C@H]3[C@@H](CC=C4C[C@@H](O[C@@H]5O[C@H](CO)[C@@H](O)[C@H](O)[C@H]5O[C@@H]5O[C@@H](C)[C@H](O)[C@@H](O)[C@H]5O)CC[C@@]43C)[C@@H]1C2. The second-order valence-electron chi connectivity index (χ2n) is 20.5. The topological polar surface area (TPSA) is 258 Å². The lowest BCUT2D eigenvalue weighted by atomic mass is 9.47. The number of aliphatic hydroxyl groups is 10. The molecule has 3 aliphatic heterocycles. The molecule has 63 heavy (non-hydrogen) atoms. The van der Waals surface area contributed by atoms with Crippen molar-refractivity contribution in [3.8, 4) is 0 Å². The lowest BCUT2D eigenvalue weighted by molar-refractivity contribution is -0.369. The Hall–Kier alpha value is -1.68. The van der Waals surface area contributed by atoms with E-state index in [2.05, 4.69) is 45.9 Å². The third kappa shape index (κ3) is 8.61. The molecule has 7 aliphatic rings. The van der Waals surface area contributed by atoms with Crippen LogP contribution < -0.4 is 0 Å². The fourth-order valence-electron chi connectivity index (χ4n) is 12.8. The molecule has 0 spiro atoms. The largest absolute Gasteiger partial charge is 0.394 e. The lowest BCUT2D eigenvalue weighted by Crippen LogP contribution is -2.64. The van der Waals surface area contributed by atoms with Gasteiger partial charge in [0.25, 0.3) is 0 Å². The molecule has 16 heteroatoms. The molecule has 0 bridgehead atoms. The van der Waals surface area contributed by atoms with Gasteiger partial charge in [-0.25, -0.2) is 0 Å². The predicted octanol–water partition coefficient (Wildman–Crippen LogP) is 0.394. The van der Waals surface area contributed by atoms with E-state index in [0.29, 0.717) is 30.6 Å². The van der Waals surface area contributed by atoms with Crippen LogP contribution in [0.15, 0.2) is 23.8 Å². The van der Waals surface area contributed by atoms with E-state index in [-0.39, 0.29) is 29.5 Å². The number of fused-ring (bicyclic) bond motifs is 7. The molecule has 1 unspecified atom stereocenters. The molecule has 5 fully saturated rings. The molecule has 2 saturated carbocycles. The molecular weight excluding hydrogens is 821 g/mol. The van der Waals surface area contributed by atoms with Crippen molar-refractivity contribution in [2.75, 3.05) is 19.8 Å². The highest BCUT2D eigenvalue weighted by molar-refractivity contribution is 5.50. The van der Waals surface area contributed by atoms with E-state index in [9.17, 15) is 51.1 Å². The average molecular weight is 893 g/mol. The fraction of sp³-hybridized carbons (Fsp3) is 0.830. The summed E-state index contributed by atoms with van der Waals surface area (Å²) in [6.07, 6.45) is -9.79. The summed E-state index contributed by atoms with van der Waals surface area (Å²) in [6, 6.07) is 4.63. The van der Waals surface area contributed by atoms with Gasteiger partial charge in [-0.2, -0.15) is 0 Å². The minimum Gasteiger partial charge on any atom is -0.394 e. The van der Waals surface area contributed by atoms with Gasteiger partial charge in [0.2, 0.25) is 0 Å². The van der Waals surface area contributed by atoms with Crippen LogP contribution in [-0.4, -0.2) is 169 Å². The molecule has 1 aromatic rings. The van der Waals surface area contributed by atoms with Crippen LogP contribution in [0.1, 0.15) is 94.9 Å². The predicted molar refractivity (Wildman–Crippen MR) is 224 cm³/mol. The molecular formula is C47H72O16. The summed E-state index contributed by atoms with van der Waals surface area (Å²) in [4.78, 5) is 0. The number of hydrogen-bond acceptors (Lipinski definition) is 16. The second kappa shape index (κ2) is 18.8. The van der Waals surface area contributed by atoms with Crippen molar-refractivity contribution in [3.05, 3.63) is 46.0 Å². The summed E-state index contributed by atoms with van der Waals surface area (Å²) in [7, 11) is 0. The van der Waals surface area contributed by atoms with E-state index in [1.54, 1.807) is 0 Å². The van der Waals surface area contributed by atoms with Gasteiger partial charge in [-0.3, -0.25) is 0 Å². The van der Waals surface area contributed by atoms with Crippen molar-refractivity contribution >= 4 is 0 Å². The van der Waals surface area contributed by atoms with Crippen molar-refractivity contribution in [1.82, 2.24) is 0 Å². The smallest absolute Gasteiger partial charge is 0.187 e. The standard InChI is InChI=1S/C47H72O16/c1-21(20-58-43-40(56)38(54)35(51)31(18-48)61-43)6-7-24-8-9-25-16-30-28-11-10-26-17-27(12-14-46(26,4)29(28)13-15-47(30,5)33(25)22(24)2)60-45-42(39(55)36(52)32(19-49)62-45)63-44-41(57)37(53)34(50)23(3)59-44/h8-10,21,23,27-32,34-45,48-57H,6-7,11-20H2,1-5H3/t21?,23-,27-,28+,29-,30-,31+,32+,34-,35+,36+,37+,38-,39-,40+,41+,42+,43+,44-,45+,46-,47-/m0/s1. The Morgan fingerprint density at radius 3 is 2.08 bits per heavy atom. The number of hydrogen-bond donors (Lipinski definition) is 10. The first-order valence-electron chi connectivity index (χ1n) is 23.3. The van der Waals surface area contributed by atoms with Crippen LogP contribution in [-0.2, 0) is 46.7 Å². The van der Waals surface area contributed by atoms with Crippen LogP contribution >= 0.6 is 0 Å². The zero-order valence-corrected chi connectivity index (χ0v) is 37.2. The number of benzene rings is 1. The molecule has 0 radical (unpaired) electrons. The Kier molecular flexibility index (Phi) is 14.2. The van der Waals surface area contributed by atoms with Crippen molar-refractivity contribution in [2.45, 2.75) is 196 Å². The Morgan fingerprint density at radius 2 is 1.37 bits per heavy atom. The Balaban J connectivity index is 0.911. The molecule has 22 atom stereocenters. The van der Waals surface area contributed by atoms with Crippen LogP contribution in [0.4, 0.5) is 0 Å². The third-order valence-corrected chi connectivity index (χ3v) is 16.7. The Bertz CT molecular complexity index is 1780. The van der Waals surface area contributed by atoms with Crippen LogP contribution in [0.2, 0.25) is 0 Å². The van der Waals surface area contributed by atoms with Crippen molar-refractivity contribution in [1.29, 1.82) is 0 Å². The quantitative estimate of drug-likeness (QED) is 0.127. The number of ether oxygens (including phenoxy) is 6. The summed E-state index contributed by atoms with van der Waals surface area (Å²) in [5.74, 6) is 1.65. The summed E-state index contributed by atoms with van der Waals surface area (Å²) in [5, 5.41) is 103. The highest BCUT2D eigenvalue weighted by Gasteiger charge is 2.59. The van der Waals surface area contributed by atoms with Gasteiger partial charge in [-0.05, 0) is 128 Å². The molecule has 0 amide bonds. The maximum absolute atomic E-state index is 11.2. The number of allylic oxidation sites excluding steroid dienone is 1. The van der Waals surface area contributed by atoms with Crippen LogP contribution in [0.3, 0.4) is 0 Å². The van der Waals surface area contributed by atoms with E-state index in [1.165, 1.54) is 34.8 Å². The first kappa shape index (κ1) is 47.8. The van der Waals surface area contributed by atoms with Crippen molar-refractivity contribution in [2.24, 2.45) is 29.1 Å². The molecule has 3 saturated heterocycles. The van der Waals surface area contributed by atoms with E-state index in [0.717, 1.165) is 44.9 Å². The van der Waals surface area contributed by atoms with Gasteiger partial charge < -0.3 is 79.5 Å². The molecule has 3 heterocycles. The Morgan fingerprint density at radius 1 is 0.714 bits per heavy atom. The van der Waals surface area contributed by atoms with Crippen molar-refractivity contribution in [3.63, 3.8) is 0 Å². The molecule has 10 N–H and O–H groups in total. The average Bonchev–Trinajstić information content (AvgIpc) is 3.58. The van der Waals surface area contributed by atoms with Gasteiger partial charge >= 0.3 is 0 Å². The third-order valence-electron chi connectivity index (χ3n) is 16.7. The summed E-state index contributed by atoms with van der Waals surface area (Å²) >= 11 is 0. The normalized spacial score (nSPS) is 47.8. The molecule has 356 valence electrons. The minimum absolute atomic E-state index is 0.0211. The van der Waals surface area contributed by atoms with Gasteiger partial charge in [0.05, 0.1) is 32.0 Å². The van der Waals surface area contributed by atoms with E-state index >= 15 is 0 Å². The molecule has 8 rings (SSSR count). The highest BCUT2D eigenvalue weighted by atomic mass is 16.8. The van der Waals surface area contributed by atoms with E-state index in [4.69, 9.17) is 28.4 Å². The number of aryl methyl sites for hydroxylation is 1. The van der Waals surface area contributed by atoms with Crippen LogP contribution in [0.25, 0.3) is 0 Å². The maximum Gasteiger partial charge on any atom is 0.187 e. The fourth-order valence-corrected chi connectivity index (χ4v) is 12.8. The molecule has 1 aromatic carbocycles. The van der Waals surface area contributed by atoms with Crippen LogP contribution in [0, 0.1) is 36.0 Å². The van der Waals surface area contributed by atoms with Gasteiger partial charge in [-0.1, -0.05) is 44.6 Å². The highest BCUT2D eigenvalue weighted by Crippen LogP contribution is 2.65. The lowest BCUT2D eigenvalue weighted by Gasteiger charge is -2.58. The first-order chi connectivity index (χ1) is 29.9. The zero-order chi connectivity index (χ0) is 45.3. The van der Waals surface area contributed by atoms with Crippen LogP contribution in [0.5, 0.6) is 0 Å². The Labute approximate surface area is 369 Å². The molecule has 4 aliphatic carbocycles. The number of aliphatic hydroxyl groups excluding tert-OH is 10. The monoisotopic (exact) mass is 892 g/mol. The minimum atomic E-state index is -1.64. The molecule has 0 aromatic heterocycles. The van der Waals surface area contributed by atoms with Gasteiger partial charge in [0, 0.05) is 0 Å². The van der Waals surface area contributed by atoms with E-state index in [1.807, 2.05) is 0 Å². The van der Waals surface area contributed by atoms with E-state index < -0.39 is 105 Å². The van der Waals surface area contributed by atoms with Crippen molar-refractivity contribution < 1.29 is 79.5 Å². The first-order valence-corrected chi connectivity index (χ1v) is 23.3. The maximum atomic E-state index is 11.2. The van der Waals surface area contributed by atoms with Gasteiger partial charge in [0.1, 0.15) is 67.1 Å². The summed E-state index contributed by atoms with van der Waals surface area (Å²) in [5.41, 5.74) is 7.04. The summed E-state index contributed by atoms with van der Waals surface area (Å²) in [6.45, 7) is 9.99. The van der Waals surface area contributed by atoms with Gasteiger partial charge in [0.15, 0.2) is 18.9 Å². The second-order valence-corrected chi connectivity index (χ2v) is 20.5. The number of rotatable bonds is 12. The summed E-state index contributed by atoms with van der Waals surface area (Å²) < 4.78 is 35.6. The molecule has 16 nitrogen and oxygen atoms in total. The zero-order valence-electron chi connectivity index (χ0n) is 37.2. The van der Waals surface area contributed by atoms with Gasteiger partial charge in [-0.15, -0.1) is 0 Å².